The highest BCUT2D eigenvalue weighted by atomic mass is 32.2. The van der Waals surface area contributed by atoms with E-state index in [0.717, 1.165) is 79.1 Å². The number of para-hydroxylation sites is 1. The predicted octanol–water partition coefficient (Wildman–Crippen LogP) is 3.57. The molecule has 2 aliphatic heterocycles. The second-order valence-electron chi connectivity index (χ2n) is 7.75. The maximum atomic E-state index is 6.23. The van der Waals surface area contributed by atoms with E-state index in [1.54, 1.807) is 0 Å². The molecule has 3 aromatic rings. The molecule has 0 bridgehead atoms. The third kappa shape index (κ3) is 3.88. The quantitative estimate of drug-likeness (QED) is 0.657. The van der Waals surface area contributed by atoms with Gasteiger partial charge in [-0.3, -0.25) is 0 Å². The van der Waals surface area contributed by atoms with E-state index in [0.29, 0.717) is 0 Å². The van der Waals surface area contributed by atoms with Crippen LogP contribution in [0.5, 0.6) is 5.75 Å². The molecule has 1 aromatic carbocycles. The zero-order valence-electron chi connectivity index (χ0n) is 16.8. The van der Waals surface area contributed by atoms with Crippen molar-refractivity contribution in [2.45, 2.75) is 18.9 Å². The van der Waals surface area contributed by atoms with Crippen LogP contribution in [-0.2, 0) is 7.05 Å². The molecule has 2 fully saturated rings. The maximum absolute atomic E-state index is 6.23. The molecule has 6 nitrogen and oxygen atoms in total. The summed E-state index contributed by atoms with van der Waals surface area (Å²) < 4.78 is 8.34. The van der Waals surface area contributed by atoms with Gasteiger partial charge < -0.3 is 19.1 Å². The summed E-state index contributed by atoms with van der Waals surface area (Å²) in [5.74, 6) is 5.16. The van der Waals surface area contributed by atoms with Crippen molar-refractivity contribution < 1.29 is 4.74 Å². The summed E-state index contributed by atoms with van der Waals surface area (Å²) in [6.45, 7) is 3.88. The molecule has 1 atom stereocenters. The Morgan fingerprint density at radius 1 is 1.00 bits per heavy atom. The number of nitrogens with zero attached hydrogens (tertiary/aromatic N) is 5. The van der Waals surface area contributed by atoms with Crippen molar-refractivity contribution in [2.24, 2.45) is 7.05 Å². The van der Waals surface area contributed by atoms with Gasteiger partial charge in [0.15, 0.2) is 0 Å². The first-order valence-electron chi connectivity index (χ1n) is 10.4. The van der Waals surface area contributed by atoms with Gasteiger partial charge in [0, 0.05) is 44.4 Å². The topological polar surface area (TPSA) is 46.4 Å². The number of ether oxygens (including phenoxy) is 1. The van der Waals surface area contributed by atoms with Gasteiger partial charge in [-0.25, -0.2) is 0 Å². The van der Waals surface area contributed by atoms with E-state index in [1.165, 1.54) is 0 Å². The Morgan fingerprint density at radius 2 is 1.83 bits per heavy atom. The Morgan fingerprint density at radius 3 is 2.66 bits per heavy atom. The SMILES string of the molecule is Cn1ccc2c(N3CCSCC3)nc(N3CCCC(Oc4ccccc4)C3)nc21. The average Bonchev–Trinajstić information content (AvgIpc) is 3.15. The van der Waals surface area contributed by atoms with Crippen LogP contribution >= 0.6 is 11.8 Å². The van der Waals surface area contributed by atoms with Gasteiger partial charge in [0.1, 0.15) is 23.3 Å². The Bertz CT molecular complexity index is 970. The van der Waals surface area contributed by atoms with Gasteiger partial charge in [-0.15, -0.1) is 0 Å². The van der Waals surface area contributed by atoms with Crippen molar-refractivity contribution >= 4 is 34.6 Å². The number of piperidine rings is 1. The van der Waals surface area contributed by atoms with E-state index in [9.17, 15) is 0 Å². The zero-order valence-corrected chi connectivity index (χ0v) is 17.6. The Labute approximate surface area is 175 Å². The highest BCUT2D eigenvalue weighted by Crippen LogP contribution is 2.30. The number of fused-ring (bicyclic) bond motifs is 1. The van der Waals surface area contributed by atoms with Crippen LogP contribution in [0.4, 0.5) is 11.8 Å². The van der Waals surface area contributed by atoms with Crippen molar-refractivity contribution in [1.82, 2.24) is 14.5 Å². The van der Waals surface area contributed by atoms with Crippen LogP contribution in [0, 0.1) is 0 Å². The van der Waals surface area contributed by atoms with Crippen molar-refractivity contribution in [3.8, 4) is 5.75 Å². The predicted molar refractivity (Wildman–Crippen MR) is 120 cm³/mol. The third-order valence-electron chi connectivity index (χ3n) is 5.71. The maximum Gasteiger partial charge on any atom is 0.229 e. The Kier molecular flexibility index (Phi) is 5.23. The molecular formula is C22H27N5OS. The third-order valence-corrected chi connectivity index (χ3v) is 6.65. The molecule has 0 aliphatic carbocycles. The van der Waals surface area contributed by atoms with Crippen LogP contribution in [0.3, 0.4) is 0 Å². The molecule has 2 aromatic heterocycles. The van der Waals surface area contributed by atoms with Crippen LogP contribution in [0.1, 0.15) is 12.8 Å². The minimum absolute atomic E-state index is 0.161. The van der Waals surface area contributed by atoms with Gasteiger partial charge in [-0.05, 0) is 31.0 Å². The fourth-order valence-corrected chi connectivity index (χ4v) is 5.08. The molecule has 2 saturated heterocycles. The van der Waals surface area contributed by atoms with E-state index < -0.39 is 0 Å². The number of rotatable bonds is 4. The summed E-state index contributed by atoms with van der Waals surface area (Å²) >= 11 is 2.02. The minimum Gasteiger partial charge on any atom is -0.489 e. The molecule has 0 amide bonds. The molecule has 7 heteroatoms. The molecule has 5 rings (SSSR count). The van der Waals surface area contributed by atoms with Crippen LogP contribution < -0.4 is 14.5 Å². The second kappa shape index (κ2) is 8.14. The normalized spacial score (nSPS) is 20.2. The second-order valence-corrected chi connectivity index (χ2v) is 8.98. The molecule has 4 heterocycles. The van der Waals surface area contributed by atoms with E-state index in [1.807, 2.05) is 42.1 Å². The van der Waals surface area contributed by atoms with Crippen molar-refractivity contribution in [3.63, 3.8) is 0 Å². The fraction of sp³-hybridized carbons (Fsp3) is 0.455. The van der Waals surface area contributed by atoms with Crippen molar-refractivity contribution in [2.75, 3.05) is 47.5 Å². The molecule has 0 N–H and O–H groups in total. The monoisotopic (exact) mass is 409 g/mol. The van der Waals surface area contributed by atoms with Crippen LogP contribution in [0.15, 0.2) is 42.6 Å². The molecule has 0 saturated carbocycles. The molecule has 0 radical (unpaired) electrons. The first-order chi connectivity index (χ1) is 14.3. The summed E-state index contributed by atoms with van der Waals surface area (Å²) in [4.78, 5) is 14.7. The molecule has 0 spiro atoms. The van der Waals surface area contributed by atoms with Crippen LogP contribution in [0.25, 0.3) is 11.0 Å². The Hall–Kier alpha value is -2.41. The van der Waals surface area contributed by atoms with Crippen molar-refractivity contribution in [1.29, 1.82) is 0 Å². The van der Waals surface area contributed by atoms with Gasteiger partial charge in [-0.2, -0.15) is 21.7 Å². The number of benzene rings is 1. The van der Waals surface area contributed by atoms with Gasteiger partial charge in [0.05, 0.1) is 11.9 Å². The molecule has 1 unspecified atom stereocenters. The van der Waals surface area contributed by atoms with E-state index in [2.05, 4.69) is 33.7 Å². The summed E-state index contributed by atoms with van der Waals surface area (Å²) in [6, 6.07) is 12.3. The molecule has 152 valence electrons. The Balaban J connectivity index is 1.43. The molecule has 2 aliphatic rings. The van der Waals surface area contributed by atoms with Crippen LogP contribution in [-0.4, -0.2) is 58.3 Å². The highest BCUT2D eigenvalue weighted by Gasteiger charge is 2.26. The largest absolute Gasteiger partial charge is 0.489 e. The first-order valence-corrected chi connectivity index (χ1v) is 11.6. The standard InChI is InChI=1S/C22H27N5OS/c1-25-11-9-19-20(25)23-22(24-21(19)26-12-14-29-15-13-26)27-10-5-8-18(16-27)28-17-6-3-2-4-7-17/h2-4,6-7,9,11,18H,5,8,10,12-16H2,1H3. The van der Waals surface area contributed by atoms with Crippen LogP contribution in [0.2, 0.25) is 0 Å². The lowest BCUT2D eigenvalue weighted by Crippen LogP contribution is -2.42. The summed E-state index contributed by atoms with van der Waals surface area (Å²) in [6.07, 6.45) is 4.40. The van der Waals surface area contributed by atoms with E-state index in [4.69, 9.17) is 14.7 Å². The summed E-state index contributed by atoms with van der Waals surface area (Å²) in [5, 5.41) is 1.15. The van der Waals surface area contributed by atoms with Gasteiger partial charge in [-0.1, -0.05) is 18.2 Å². The average molecular weight is 410 g/mol. The van der Waals surface area contributed by atoms with E-state index >= 15 is 0 Å². The lowest BCUT2D eigenvalue weighted by molar-refractivity contribution is 0.178. The number of thioether (sulfide) groups is 1. The zero-order chi connectivity index (χ0) is 19.6. The molecule has 29 heavy (non-hydrogen) atoms. The lowest BCUT2D eigenvalue weighted by Gasteiger charge is -2.34. The van der Waals surface area contributed by atoms with Gasteiger partial charge in [0.2, 0.25) is 5.95 Å². The summed E-state index contributed by atoms with van der Waals surface area (Å²) in [7, 11) is 2.06. The summed E-state index contributed by atoms with van der Waals surface area (Å²) in [5.41, 5.74) is 1.01. The van der Waals surface area contributed by atoms with Crippen molar-refractivity contribution in [3.05, 3.63) is 42.6 Å². The minimum atomic E-state index is 0.161. The lowest BCUT2D eigenvalue weighted by atomic mass is 10.1. The first kappa shape index (κ1) is 18.6. The smallest absolute Gasteiger partial charge is 0.229 e. The number of aryl methyl sites for hydroxylation is 1. The fourth-order valence-electron chi connectivity index (χ4n) is 4.17. The van der Waals surface area contributed by atoms with E-state index in [-0.39, 0.29) is 6.10 Å². The number of anilines is 2. The number of aromatic nitrogens is 3. The highest BCUT2D eigenvalue weighted by molar-refractivity contribution is 7.99. The van der Waals surface area contributed by atoms with Gasteiger partial charge >= 0.3 is 0 Å². The number of hydrogen-bond donors (Lipinski definition) is 0. The molecular weight excluding hydrogens is 382 g/mol. The van der Waals surface area contributed by atoms with Gasteiger partial charge in [0.25, 0.3) is 0 Å². The number of hydrogen-bond acceptors (Lipinski definition) is 6.